The highest BCUT2D eigenvalue weighted by molar-refractivity contribution is 14.1. The van der Waals surface area contributed by atoms with Gasteiger partial charge in [0.2, 0.25) is 0 Å². The van der Waals surface area contributed by atoms with E-state index in [4.69, 9.17) is 4.74 Å². The largest absolute Gasteiger partial charge is 0.462 e. The fraction of sp³-hybridized carbons (Fsp3) is 0.182. The molecule has 0 amide bonds. The Hall–Kier alpha value is -1.04. The van der Waals surface area contributed by atoms with Crippen LogP contribution in [0.25, 0.3) is 10.9 Å². The van der Waals surface area contributed by atoms with Gasteiger partial charge in [-0.25, -0.2) is 4.79 Å². The van der Waals surface area contributed by atoms with Gasteiger partial charge in [-0.1, -0.05) is 0 Å². The van der Waals surface area contributed by atoms with Gasteiger partial charge in [-0.15, -0.1) is 0 Å². The van der Waals surface area contributed by atoms with Crippen LogP contribution in [0.5, 0.6) is 0 Å². The number of rotatable bonds is 2. The lowest BCUT2D eigenvalue weighted by atomic mass is 10.1. The SMILES string of the molecule is CCOC(=O)c1cc(I)cc2[nH]ccc12. The van der Waals surface area contributed by atoms with Crippen molar-refractivity contribution in [1.29, 1.82) is 0 Å². The maximum absolute atomic E-state index is 11.7. The molecule has 1 aromatic heterocycles. The van der Waals surface area contributed by atoms with Crippen molar-refractivity contribution in [2.24, 2.45) is 0 Å². The number of nitrogens with one attached hydrogen (secondary N) is 1. The minimum atomic E-state index is -0.263. The molecule has 2 aromatic rings. The molecule has 0 radical (unpaired) electrons. The van der Waals surface area contributed by atoms with Crippen molar-refractivity contribution >= 4 is 39.5 Å². The highest BCUT2D eigenvalue weighted by Crippen LogP contribution is 2.22. The third-order valence-corrected chi connectivity index (χ3v) is 2.75. The summed E-state index contributed by atoms with van der Waals surface area (Å²) in [6.07, 6.45) is 1.82. The summed E-state index contributed by atoms with van der Waals surface area (Å²) >= 11 is 2.19. The number of hydrogen-bond acceptors (Lipinski definition) is 2. The van der Waals surface area contributed by atoms with Gasteiger partial charge < -0.3 is 9.72 Å². The second-order valence-electron chi connectivity index (χ2n) is 3.11. The van der Waals surface area contributed by atoms with Crippen LogP contribution < -0.4 is 0 Å². The molecule has 0 saturated heterocycles. The fourth-order valence-electron chi connectivity index (χ4n) is 1.51. The van der Waals surface area contributed by atoms with E-state index in [1.807, 2.05) is 24.4 Å². The average Bonchev–Trinajstić information content (AvgIpc) is 2.64. The van der Waals surface area contributed by atoms with E-state index in [1.165, 1.54) is 0 Å². The molecule has 0 unspecified atom stereocenters. The van der Waals surface area contributed by atoms with E-state index in [9.17, 15) is 4.79 Å². The first-order chi connectivity index (χ1) is 7.22. The van der Waals surface area contributed by atoms with E-state index in [0.717, 1.165) is 14.5 Å². The molecule has 3 nitrogen and oxygen atoms in total. The molecule has 0 bridgehead atoms. The van der Waals surface area contributed by atoms with Gasteiger partial charge in [0.25, 0.3) is 0 Å². The van der Waals surface area contributed by atoms with Gasteiger partial charge in [-0.3, -0.25) is 0 Å². The van der Waals surface area contributed by atoms with Gasteiger partial charge in [-0.2, -0.15) is 0 Å². The molecule has 0 spiro atoms. The quantitative estimate of drug-likeness (QED) is 0.684. The Morgan fingerprint density at radius 1 is 1.53 bits per heavy atom. The summed E-state index contributed by atoms with van der Waals surface area (Å²) in [7, 11) is 0. The summed E-state index contributed by atoms with van der Waals surface area (Å²) in [5, 5.41) is 0.911. The van der Waals surface area contributed by atoms with Crippen LogP contribution in [-0.4, -0.2) is 17.6 Å². The smallest absolute Gasteiger partial charge is 0.338 e. The van der Waals surface area contributed by atoms with Crippen molar-refractivity contribution in [3.8, 4) is 0 Å². The van der Waals surface area contributed by atoms with Crippen LogP contribution in [0.3, 0.4) is 0 Å². The number of halogens is 1. The van der Waals surface area contributed by atoms with Crippen LogP contribution in [0.2, 0.25) is 0 Å². The van der Waals surface area contributed by atoms with Crippen LogP contribution in [-0.2, 0) is 4.74 Å². The van der Waals surface area contributed by atoms with Crippen LogP contribution >= 0.6 is 22.6 Å². The van der Waals surface area contributed by atoms with E-state index in [-0.39, 0.29) is 5.97 Å². The number of H-pyrrole nitrogens is 1. The summed E-state index contributed by atoms with van der Waals surface area (Å²) in [4.78, 5) is 14.8. The number of ether oxygens (including phenoxy) is 1. The molecule has 0 fully saturated rings. The monoisotopic (exact) mass is 315 g/mol. The number of aromatic nitrogens is 1. The summed E-state index contributed by atoms with van der Waals surface area (Å²) in [6, 6.07) is 5.73. The van der Waals surface area contributed by atoms with Crippen molar-refractivity contribution in [1.82, 2.24) is 4.98 Å². The minimum Gasteiger partial charge on any atom is -0.462 e. The van der Waals surface area contributed by atoms with E-state index in [1.54, 1.807) is 6.92 Å². The standard InChI is InChI=1S/C11H10INO2/c1-2-15-11(14)9-5-7(12)6-10-8(9)3-4-13-10/h3-6,13H,2H2,1H3. The molecule has 0 aliphatic rings. The van der Waals surface area contributed by atoms with Crippen LogP contribution in [0.4, 0.5) is 0 Å². The fourth-order valence-corrected chi connectivity index (χ4v) is 2.13. The molecule has 2 rings (SSSR count). The third kappa shape index (κ3) is 1.99. The summed E-state index contributed by atoms with van der Waals surface area (Å²) < 4.78 is 6.02. The van der Waals surface area contributed by atoms with Gasteiger partial charge in [-0.05, 0) is 47.7 Å². The molecule has 0 aliphatic heterocycles. The van der Waals surface area contributed by atoms with Crippen molar-refractivity contribution < 1.29 is 9.53 Å². The Morgan fingerprint density at radius 3 is 3.07 bits per heavy atom. The molecule has 1 N–H and O–H groups in total. The molecule has 4 heteroatoms. The first-order valence-corrected chi connectivity index (χ1v) is 5.74. The highest BCUT2D eigenvalue weighted by atomic mass is 127. The Kier molecular flexibility index (Phi) is 2.95. The number of esters is 1. The normalized spacial score (nSPS) is 10.5. The lowest BCUT2D eigenvalue weighted by Crippen LogP contribution is -2.05. The number of benzene rings is 1. The number of aromatic amines is 1. The summed E-state index contributed by atoms with van der Waals surface area (Å²) in [6.45, 7) is 2.20. The molecular formula is C11H10INO2. The Bertz CT molecular complexity index is 504. The maximum Gasteiger partial charge on any atom is 0.338 e. The van der Waals surface area contributed by atoms with Crippen LogP contribution in [0.15, 0.2) is 24.4 Å². The lowest BCUT2D eigenvalue weighted by molar-refractivity contribution is 0.0528. The zero-order chi connectivity index (χ0) is 10.8. The van der Waals surface area contributed by atoms with E-state index in [0.29, 0.717) is 12.2 Å². The molecule has 1 heterocycles. The molecular weight excluding hydrogens is 305 g/mol. The molecule has 0 atom stereocenters. The van der Waals surface area contributed by atoms with E-state index in [2.05, 4.69) is 27.6 Å². The number of carbonyl (C=O) groups excluding carboxylic acids is 1. The molecule has 1 aromatic carbocycles. The summed E-state index contributed by atoms with van der Waals surface area (Å²) in [5.41, 5.74) is 1.59. The maximum atomic E-state index is 11.7. The number of fused-ring (bicyclic) bond motifs is 1. The second-order valence-corrected chi connectivity index (χ2v) is 4.36. The Labute approximate surface area is 101 Å². The Morgan fingerprint density at radius 2 is 2.33 bits per heavy atom. The molecule has 78 valence electrons. The average molecular weight is 315 g/mol. The van der Waals surface area contributed by atoms with Crippen LogP contribution in [0.1, 0.15) is 17.3 Å². The topological polar surface area (TPSA) is 42.1 Å². The van der Waals surface area contributed by atoms with E-state index >= 15 is 0 Å². The van der Waals surface area contributed by atoms with Crippen molar-refractivity contribution in [3.05, 3.63) is 33.5 Å². The molecule has 15 heavy (non-hydrogen) atoms. The van der Waals surface area contributed by atoms with Gasteiger partial charge in [0.15, 0.2) is 0 Å². The van der Waals surface area contributed by atoms with Crippen molar-refractivity contribution in [2.75, 3.05) is 6.61 Å². The first kappa shape index (κ1) is 10.5. The first-order valence-electron chi connectivity index (χ1n) is 4.66. The molecule has 0 aliphatic carbocycles. The second kappa shape index (κ2) is 4.22. The van der Waals surface area contributed by atoms with E-state index < -0.39 is 0 Å². The predicted molar refractivity (Wildman–Crippen MR) is 67.0 cm³/mol. The highest BCUT2D eigenvalue weighted by Gasteiger charge is 2.12. The van der Waals surface area contributed by atoms with Gasteiger partial charge in [0.1, 0.15) is 0 Å². The summed E-state index contributed by atoms with van der Waals surface area (Å²) in [5.74, 6) is -0.263. The van der Waals surface area contributed by atoms with Crippen molar-refractivity contribution in [3.63, 3.8) is 0 Å². The van der Waals surface area contributed by atoms with Gasteiger partial charge >= 0.3 is 5.97 Å². The zero-order valence-corrected chi connectivity index (χ0v) is 10.4. The number of carbonyl (C=O) groups is 1. The van der Waals surface area contributed by atoms with Gasteiger partial charge in [0, 0.05) is 20.7 Å². The van der Waals surface area contributed by atoms with Gasteiger partial charge in [0.05, 0.1) is 12.2 Å². The predicted octanol–water partition coefficient (Wildman–Crippen LogP) is 2.95. The zero-order valence-electron chi connectivity index (χ0n) is 8.21. The van der Waals surface area contributed by atoms with Crippen LogP contribution in [0, 0.1) is 3.57 Å². The minimum absolute atomic E-state index is 0.263. The number of hydrogen-bond donors (Lipinski definition) is 1. The third-order valence-electron chi connectivity index (χ3n) is 2.13. The van der Waals surface area contributed by atoms with Crippen molar-refractivity contribution in [2.45, 2.75) is 6.92 Å². The lowest BCUT2D eigenvalue weighted by Gasteiger charge is -2.04. The molecule has 0 saturated carbocycles. The Balaban J connectivity index is 2.57.